The molecule has 1 rings (SSSR count). The molecule has 104 valence electrons. The molecule has 0 aliphatic rings. The van der Waals surface area contributed by atoms with Crippen LogP contribution in [0.5, 0.6) is 0 Å². The Morgan fingerprint density at radius 1 is 1.44 bits per heavy atom. The predicted molar refractivity (Wildman–Crippen MR) is 77.7 cm³/mol. The van der Waals surface area contributed by atoms with Crippen molar-refractivity contribution in [2.45, 2.75) is 46.4 Å². The van der Waals surface area contributed by atoms with Crippen LogP contribution >= 0.6 is 15.9 Å². The van der Waals surface area contributed by atoms with Gasteiger partial charge in [-0.05, 0) is 42.7 Å². The van der Waals surface area contributed by atoms with E-state index in [4.69, 9.17) is 4.74 Å². The Bertz CT molecular complexity index is 365. The molecule has 2 unspecified atom stereocenters. The molecule has 1 aromatic rings. The van der Waals surface area contributed by atoms with Gasteiger partial charge in [-0.3, -0.25) is 4.68 Å². The molecule has 0 aromatic carbocycles. The number of hydrogen-bond acceptors (Lipinski definition) is 3. The van der Waals surface area contributed by atoms with Crippen LogP contribution in [-0.4, -0.2) is 29.5 Å². The third-order valence-electron chi connectivity index (χ3n) is 3.08. The van der Waals surface area contributed by atoms with Gasteiger partial charge in [0.15, 0.2) is 0 Å². The van der Waals surface area contributed by atoms with Gasteiger partial charge >= 0.3 is 0 Å². The standard InChI is InChI=1S/C13H24BrN3O/c1-6-17-12(10(14)8-16-17)11(15-5)13(9(3)4)18-7-2/h8-9,11,13,15H,6-7H2,1-5H3. The van der Waals surface area contributed by atoms with E-state index < -0.39 is 0 Å². The maximum atomic E-state index is 5.91. The number of nitrogens with one attached hydrogen (secondary N) is 1. The minimum Gasteiger partial charge on any atom is -0.376 e. The van der Waals surface area contributed by atoms with Crippen molar-refractivity contribution >= 4 is 15.9 Å². The average Bonchev–Trinajstić information content (AvgIpc) is 2.71. The molecule has 1 N–H and O–H groups in total. The van der Waals surface area contributed by atoms with Gasteiger partial charge in [-0.25, -0.2) is 0 Å². The molecule has 0 fully saturated rings. The van der Waals surface area contributed by atoms with Crippen LogP contribution < -0.4 is 5.32 Å². The smallest absolute Gasteiger partial charge is 0.0807 e. The van der Waals surface area contributed by atoms with Crippen LogP contribution in [0.25, 0.3) is 0 Å². The predicted octanol–water partition coefficient (Wildman–Crippen LogP) is 2.99. The molecular weight excluding hydrogens is 294 g/mol. The Hall–Kier alpha value is -0.390. The first-order valence-electron chi connectivity index (χ1n) is 6.56. The lowest BCUT2D eigenvalue weighted by atomic mass is 9.97. The SMILES string of the molecule is CCOC(C(C)C)C(NC)c1c(Br)cnn1CC. The molecule has 0 amide bonds. The van der Waals surface area contributed by atoms with Crippen molar-refractivity contribution in [3.05, 3.63) is 16.4 Å². The second-order valence-corrected chi connectivity index (χ2v) is 5.48. The highest BCUT2D eigenvalue weighted by Crippen LogP contribution is 2.30. The molecule has 4 nitrogen and oxygen atoms in total. The second kappa shape index (κ2) is 7.26. The number of aromatic nitrogens is 2. The molecule has 0 saturated carbocycles. The summed E-state index contributed by atoms with van der Waals surface area (Å²) in [6.45, 7) is 10.1. The van der Waals surface area contributed by atoms with Crippen LogP contribution in [0, 0.1) is 5.92 Å². The second-order valence-electron chi connectivity index (χ2n) is 4.62. The minimum atomic E-state index is 0.137. The van der Waals surface area contributed by atoms with Crippen molar-refractivity contribution in [2.75, 3.05) is 13.7 Å². The van der Waals surface area contributed by atoms with Gasteiger partial charge in [0.05, 0.1) is 28.5 Å². The summed E-state index contributed by atoms with van der Waals surface area (Å²) in [4.78, 5) is 0. The van der Waals surface area contributed by atoms with Crippen LogP contribution in [0.4, 0.5) is 0 Å². The van der Waals surface area contributed by atoms with Gasteiger partial charge in [0.25, 0.3) is 0 Å². The first-order chi connectivity index (χ1) is 8.56. The number of nitrogens with zero attached hydrogens (tertiary/aromatic N) is 2. The van der Waals surface area contributed by atoms with Crippen molar-refractivity contribution in [1.29, 1.82) is 0 Å². The Morgan fingerprint density at radius 3 is 2.56 bits per heavy atom. The van der Waals surface area contributed by atoms with Crippen LogP contribution in [0.2, 0.25) is 0 Å². The van der Waals surface area contributed by atoms with Gasteiger partial charge in [0, 0.05) is 13.2 Å². The number of hydrogen-bond donors (Lipinski definition) is 1. The van der Waals surface area contributed by atoms with Gasteiger partial charge in [-0.15, -0.1) is 0 Å². The summed E-state index contributed by atoms with van der Waals surface area (Å²) in [6, 6.07) is 0.141. The molecule has 0 aliphatic heterocycles. The third kappa shape index (κ3) is 3.33. The van der Waals surface area contributed by atoms with Crippen LogP contribution in [0.1, 0.15) is 39.4 Å². The summed E-state index contributed by atoms with van der Waals surface area (Å²) >= 11 is 3.59. The lowest BCUT2D eigenvalue weighted by Crippen LogP contribution is -2.37. The number of aryl methyl sites for hydroxylation is 1. The van der Waals surface area contributed by atoms with E-state index in [1.54, 1.807) is 0 Å². The Labute approximate surface area is 118 Å². The lowest BCUT2D eigenvalue weighted by molar-refractivity contribution is 0.00242. The average molecular weight is 318 g/mol. The van der Waals surface area contributed by atoms with Crippen molar-refractivity contribution in [2.24, 2.45) is 5.92 Å². The normalized spacial score (nSPS) is 15.1. The minimum absolute atomic E-state index is 0.137. The van der Waals surface area contributed by atoms with Gasteiger partial charge in [0.1, 0.15) is 0 Å². The third-order valence-corrected chi connectivity index (χ3v) is 3.69. The zero-order valence-electron chi connectivity index (χ0n) is 11.9. The molecule has 0 spiro atoms. The topological polar surface area (TPSA) is 39.1 Å². The zero-order valence-corrected chi connectivity index (χ0v) is 13.5. The Kier molecular flexibility index (Phi) is 6.32. The van der Waals surface area contributed by atoms with E-state index in [-0.39, 0.29) is 12.1 Å². The van der Waals surface area contributed by atoms with Crippen molar-refractivity contribution < 1.29 is 4.74 Å². The number of ether oxygens (including phenoxy) is 1. The summed E-state index contributed by atoms with van der Waals surface area (Å²) in [5.41, 5.74) is 1.16. The van der Waals surface area contributed by atoms with Crippen LogP contribution in [0.15, 0.2) is 10.7 Å². The number of likely N-dealkylation sites (N-methyl/N-ethyl adjacent to an activating group) is 1. The van der Waals surface area contributed by atoms with Gasteiger partial charge in [-0.2, -0.15) is 5.10 Å². The van der Waals surface area contributed by atoms with Crippen molar-refractivity contribution in [3.8, 4) is 0 Å². The summed E-state index contributed by atoms with van der Waals surface area (Å²) in [7, 11) is 1.97. The van der Waals surface area contributed by atoms with Crippen LogP contribution in [-0.2, 0) is 11.3 Å². The fraction of sp³-hybridized carbons (Fsp3) is 0.769. The Morgan fingerprint density at radius 2 is 2.11 bits per heavy atom. The summed E-state index contributed by atoms with van der Waals surface area (Å²) in [5.74, 6) is 0.439. The highest BCUT2D eigenvalue weighted by Gasteiger charge is 2.29. The molecular formula is C13H24BrN3O. The molecule has 0 saturated heterocycles. The van der Waals surface area contributed by atoms with E-state index in [0.717, 1.165) is 23.3 Å². The molecule has 18 heavy (non-hydrogen) atoms. The maximum Gasteiger partial charge on any atom is 0.0807 e. The van der Waals surface area contributed by atoms with E-state index in [1.807, 2.05) is 24.9 Å². The molecule has 5 heteroatoms. The zero-order chi connectivity index (χ0) is 13.7. The highest BCUT2D eigenvalue weighted by atomic mass is 79.9. The van der Waals surface area contributed by atoms with Gasteiger partial charge in [0.2, 0.25) is 0 Å². The quantitative estimate of drug-likeness (QED) is 0.840. The van der Waals surface area contributed by atoms with Gasteiger partial charge < -0.3 is 10.1 Å². The Balaban J connectivity index is 3.09. The van der Waals surface area contributed by atoms with Crippen molar-refractivity contribution in [3.63, 3.8) is 0 Å². The molecule has 1 heterocycles. The van der Waals surface area contributed by atoms with E-state index in [1.165, 1.54) is 0 Å². The van der Waals surface area contributed by atoms with E-state index in [2.05, 4.69) is 47.1 Å². The molecule has 0 radical (unpaired) electrons. The van der Waals surface area contributed by atoms with E-state index in [9.17, 15) is 0 Å². The lowest BCUT2D eigenvalue weighted by Gasteiger charge is -2.30. The highest BCUT2D eigenvalue weighted by molar-refractivity contribution is 9.10. The largest absolute Gasteiger partial charge is 0.376 e. The van der Waals surface area contributed by atoms with Crippen LogP contribution in [0.3, 0.4) is 0 Å². The fourth-order valence-electron chi connectivity index (χ4n) is 2.26. The molecule has 0 bridgehead atoms. The summed E-state index contributed by atoms with van der Waals surface area (Å²) < 4.78 is 8.96. The number of halogens is 1. The summed E-state index contributed by atoms with van der Waals surface area (Å²) in [5, 5.41) is 7.75. The monoisotopic (exact) mass is 317 g/mol. The first kappa shape index (κ1) is 15.7. The fourth-order valence-corrected chi connectivity index (χ4v) is 2.80. The van der Waals surface area contributed by atoms with E-state index in [0.29, 0.717) is 5.92 Å². The maximum absolute atomic E-state index is 5.91. The molecule has 0 aliphatic carbocycles. The summed E-state index contributed by atoms with van der Waals surface area (Å²) in [6.07, 6.45) is 1.99. The van der Waals surface area contributed by atoms with Gasteiger partial charge in [-0.1, -0.05) is 13.8 Å². The first-order valence-corrected chi connectivity index (χ1v) is 7.36. The molecule has 2 atom stereocenters. The number of rotatable bonds is 7. The van der Waals surface area contributed by atoms with E-state index >= 15 is 0 Å². The molecule has 1 aromatic heterocycles. The van der Waals surface area contributed by atoms with Crippen molar-refractivity contribution in [1.82, 2.24) is 15.1 Å².